The Hall–Kier alpha value is -2.89. The van der Waals surface area contributed by atoms with Gasteiger partial charge in [0.2, 0.25) is 5.70 Å². The van der Waals surface area contributed by atoms with E-state index >= 15 is 0 Å². The molecule has 0 spiro atoms. The van der Waals surface area contributed by atoms with E-state index in [1.165, 1.54) is 18.2 Å². The second kappa shape index (κ2) is 6.71. The van der Waals surface area contributed by atoms with Gasteiger partial charge in [-0.3, -0.25) is 10.1 Å². The van der Waals surface area contributed by atoms with Gasteiger partial charge in [0.05, 0.1) is 16.6 Å². The van der Waals surface area contributed by atoms with Crippen LogP contribution in [0.25, 0.3) is 17.4 Å². The van der Waals surface area contributed by atoms with E-state index < -0.39 is 10.9 Å². The third-order valence-electron chi connectivity index (χ3n) is 3.07. The lowest BCUT2D eigenvalue weighted by Crippen LogP contribution is -1.97. The summed E-state index contributed by atoms with van der Waals surface area (Å²) in [6.45, 7) is 1.86. The molecule has 1 heterocycles. The molecule has 114 valence electrons. The van der Waals surface area contributed by atoms with E-state index in [4.69, 9.17) is 9.52 Å². The van der Waals surface area contributed by atoms with Gasteiger partial charge in [-0.05, 0) is 30.7 Å². The Morgan fingerprint density at radius 3 is 2.77 bits per heavy atom. The van der Waals surface area contributed by atoms with Crippen molar-refractivity contribution in [2.24, 2.45) is 0 Å². The highest BCUT2D eigenvalue weighted by Crippen LogP contribution is 2.25. The number of carboxylic acid groups (broad SMARTS) is 1. The van der Waals surface area contributed by atoms with Gasteiger partial charge in [0.25, 0.3) is 0 Å². The number of aromatic carboxylic acids is 1. The first-order chi connectivity index (χ1) is 10.5. The first-order valence-corrected chi connectivity index (χ1v) is 6.79. The molecule has 0 aliphatic heterocycles. The molecule has 0 aliphatic carbocycles. The summed E-state index contributed by atoms with van der Waals surface area (Å²) in [5, 5.41) is 19.9. The van der Waals surface area contributed by atoms with Crippen molar-refractivity contribution >= 4 is 12.0 Å². The summed E-state index contributed by atoms with van der Waals surface area (Å²) in [5.74, 6) is -0.184. The van der Waals surface area contributed by atoms with Gasteiger partial charge in [-0.25, -0.2) is 4.79 Å². The number of carboxylic acids is 1. The van der Waals surface area contributed by atoms with Crippen molar-refractivity contribution in [3.63, 3.8) is 0 Å². The first kappa shape index (κ1) is 15.5. The van der Waals surface area contributed by atoms with Crippen molar-refractivity contribution in [1.82, 2.24) is 0 Å². The van der Waals surface area contributed by atoms with Gasteiger partial charge in [0.1, 0.15) is 11.5 Å². The van der Waals surface area contributed by atoms with Crippen LogP contribution in [0.15, 0.2) is 46.5 Å². The van der Waals surface area contributed by atoms with Crippen molar-refractivity contribution in [1.29, 1.82) is 0 Å². The van der Waals surface area contributed by atoms with Gasteiger partial charge < -0.3 is 9.52 Å². The fourth-order valence-corrected chi connectivity index (χ4v) is 2.03. The molecule has 0 bridgehead atoms. The topological polar surface area (TPSA) is 93.6 Å². The molecule has 0 fully saturated rings. The Balaban J connectivity index is 2.32. The molecule has 0 aliphatic rings. The van der Waals surface area contributed by atoms with Gasteiger partial charge >= 0.3 is 5.97 Å². The van der Waals surface area contributed by atoms with Crippen molar-refractivity contribution in [2.45, 2.75) is 19.8 Å². The fraction of sp³-hybridized carbons (Fsp3) is 0.188. The molecule has 2 rings (SSSR count). The van der Waals surface area contributed by atoms with Gasteiger partial charge in [0, 0.05) is 12.0 Å². The number of hydrogen-bond donors (Lipinski definition) is 1. The smallest absolute Gasteiger partial charge is 0.335 e. The molecule has 0 unspecified atom stereocenters. The van der Waals surface area contributed by atoms with Crippen molar-refractivity contribution < 1.29 is 19.2 Å². The maximum atomic E-state index is 11.0. The first-order valence-electron chi connectivity index (χ1n) is 6.79. The Bertz CT molecular complexity index is 730. The van der Waals surface area contributed by atoms with Gasteiger partial charge in [-0.15, -0.1) is 0 Å². The van der Waals surface area contributed by atoms with Crippen molar-refractivity contribution in [2.75, 3.05) is 0 Å². The second-order valence-electron chi connectivity index (χ2n) is 4.73. The van der Waals surface area contributed by atoms with Crippen LogP contribution in [0.3, 0.4) is 0 Å². The lowest BCUT2D eigenvalue weighted by Gasteiger charge is -1.99. The number of furan rings is 1. The van der Waals surface area contributed by atoms with Crippen molar-refractivity contribution in [3.05, 3.63) is 63.5 Å². The average molecular weight is 301 g/mol. The summed E-state index contributed by atoms with van der Waals surface area (Å²) in [6.07, 6.45) is 2.42. The Labute approximate surface area is 126 Å². The minimum absolute atomic E-state index is 0.0858. The van der Waals surface area contributed by atoms with Crippen LogP contribution in [-0.4, -0.2) is 16.0 Å². The van der Waals surface area contributed by atoms with Crippen LogP contribution in [0.5, 0.6) is 0 Å². The van der Waals surface area contributed by atoms with E-state index in [0.29, 0.717) is 29.9 Å². The molecular formula is C16H15NO5. The van der Waals surface area contributed by atoms with E-state index in [1.807, 2.05) is 6.92 Å². The summed E-state index contributed by atoms with van der Waals surface area (Å²) in [5.41, 5.74) is 0.850. The molecular weight excluding hydrogens is 286 g/mol. The molecule has 6 heteroatoms. The SMILES string of the molecule is CCCC(=Cc1ccc(-c2cccc(C(=O)O)c2)o1)[N+](=O)[O-]. The number of nitro groups is 1. The van der Waals surface area contributed by atoms with Crippen LogP contribution in [-0.2, 0) is 0 Å². The van der Waals surface area contributed by atoms with Gasteiger partial charge in [0.15, 0.2) is 0 Å². The average Bonchev–Trinajstić information content (AvgIpc) is 2.95. The van der Waals surface area contributed by atoms with Crippen LogP contribution in [0.1, 0.15) is 35.9 Å². The number of carbonyl (C=O) groups is 1. The zero-order valence-corrected chi connectivity index (χ0v) is 12.0. The zero-order valence-electron chi connectivity index (χ0n) is 12.0. The Morgan fingerprint density at radius 2 is 2.14 bits per heavy atom. The van der Waals surface area contributed by atoms with E-state index in [1.54, 1.807) is 24.3 Å². The lowest BCUT2D eigenvalue weighted by atomic mass is 10.1. The summed E-state index contributed by atoms with van der Waals surface area (Å²) < 4.78 is 5.56. The molecule has 0 saturated carbocycles. The zero-order chi connectivity index (χ0) is 16.1. The van der Waals surface area contributed by atoms with E-state index in [-0.39, 0.29) is 11.3 Å². The Kier molecular flexibility index (Phi) is 4.73. The highest BCUT2D eigenvalue weighted by molar-refractivity contribution is 5.89. The summed E-state index contributed by atoms with van der Waals surface area (Å²) in [6, 6.07) is 9.62. The predicted octanol–water partition coefficient (Wildman–Crippen LogP) is 4.06. The fourth-order valence-electron chi connectivity index (χ4n) is 2.03. The largest absolute Gasteiger partial charge is 0.478 e. The number of allylic oxidation sites excluding steroid dienone is 1. The minimum atomic E-state index is -1.02. The molecule has 22 heavy (non-hydrogen) atoms. The third kappa shape index (κ3) is 3.60. The number of benzene rings is 1. The van der Waals surface area contributed by atoms with Crippen LogP contribution < -0.4 is 0 Å². The van der Waals surface area contributed by atoms with Crippen LogP contribution >= 0.6 is 0 Å². The maximum absolute atomic E-state index is 11.0. The van der Waals surface area contributed by atoms with Crippen LogP contribution in [0.2, 0.25) is 0 Å². The van der Waals surface area contributed by atoms with Crippen molar-refractivity contribution in [3.8, 4) is 11.3 Å². The maximum Gasteiger partial charge on any atom is 0.335 e. The third-order valence-corrected chi connectivity index (χ3v) is 3.07. The minimum Gasteiger partial charge on any atom is -0.478 e. The number of nitrogens with zero attached hydrogens (tertiary/aromatic N) is 1. The predicted molar refractivity (Wildman–Crippen MR) is 81.0 cm³/mol. The molecule has 0 radical (unpaired) electrons. The summed E-state index contributed by atoms with van der Waals surface area (Å²) >= 11 is 0. The molecule has 0 amide bonds. The highest BCUT2D eigenvalue weighted by Gasteiger charge is 2.12. The molecule has 1 aromatic heterocycles. The molecule has 0 atom stereocenters. The second-order valence-corrected chi connectivity index (χ2v) is 4.73. The van der Waals surface area contributed by atoms with E-state index in [9.17, 15) is 14.9 Å². The quantitative estimate of drug-likeness (QED) is 0.641. The monoisotopic (exact) mass is 301 g/mol. The van der Waals surface area contributed by atoms with Gasteiger partial charge in [-0.1, -0.05) is 19.1 Å². The van der Waals surface area contributed by atoms with E-state index in [2.05, 4.69) is 0 Å². The van der Waals surface area contributed by atoms with Crippen LogP contribution in [0.4, 0.5) is 0 Å². The standard InChI is InChI=1S/C16H15NO5/c1-2-4-13(17(20)21)10-14-7-8-15(22-14)11-5-3-6-12(9-11)16(18)19/h3,5-10H,2,4H2,1H3,(H,18,19). The molecule has 1 N–H and O–H groups in total. The summed E-state index contributed by atoms with van der Waals surface area (Å²) in [4.78, 5) is 21.5. The molecule has 1 aromatic carbocycles. The number of rotatable bonds is 6. The Morgan fingerprint density at radius 1 is 1.36 bits per heavy atom. The molecule has 2 aromatic rings. The van der Waals surface area contributed by atoms with Gasteiger partial charge in [-0.2, -0.15) is 0 Å². The van der Waals surface area contributed by atoms with Crippen LogP contribution in [0, 0.1) is 10.1 Å². The van der Waals surface area contributed by atoms with E-state index in [0.717, 1.165) is 0 Å². The lowest BCUT2D eigenvalue weighted by molar-refractivity contribution is -0.426. The molecule has 6 nitrogen and oxygen atoms in total. The molecule has 0 saturated heterocycles. The summed E-state index contributed by atoms with van der Waals surface area (Å²) in [7, 11) is 0. The highest BCUT2D eigenvalue weighted by atomic mass is 16.6. The number of hydrogen-bond acceptors (Lipinski definition) is 4. The normalized spacial score (nSPS) is 11.4.